The van der Waals surface area contributed by atoms with Crippen molar-refractivity contribution < 1.29 is 18.7 Å². The molecule has 0 saturated heterocycles. The van der Waals surface area contributed by atoms with E-state index in [1.54, 1.807) is 0 Å². The first-order valence-corrected chi connectivity index (χ1v) is 3.25. The molecule has 0 radical (unpaired) electrons. The number of ether oxygens (including phenoxy) is 1. The largest absolute Gasteiger partial charge is 0.431 e. The fraction of sp³-hybridized carbons (Fsp3) is 0.429. The number of esters is 1. The molecule has 0 bridgehead atoms. The molecule has 0 heterocycles. The van der Waals surface area contributed by atoms with Gasteiger partial charge in [0.2, 0.25) is 0 Å². The second-order valence-corrected chi connectivity index (χ2v) is 2.33. The molecule has 0 spiro atoms. The molecule has 0 atom stereocenters. The van der Waals surface area contributed by atoms with Crippen LogP contribution in [0.25, 0.3) is 0 Å². The number of carbonyl (C=O) groups is 2. The van der Waals surface area contributed by atoms with Crippen molar-refractivity contribution in [1.82, 2.24) is 0 Å². The summed E-state index contributed by atoms with van der Waals surface area (Å²) in [6, 6.07) is 0. The molecular weight excluding hydrogens is 151 g/mol. The molecule has 1 rings (SSSR count). The van der Waals surface area contributed by atoms with E-state index in [1.165, 1.54) is 0 Å². The number of rotatable bonds is 3. The Morgan fingerprint density at radius 3 is 2.64 bits per heavy atom. The van der Waals surface area contributed by atoms with E-state index in [-0.39, 0.29) is 12.2 Å². The first kappa shape index (κ1) is 7.91. The van der Waals surface area contributed by atoms with E-state index >= 15 is 0 Å². The Bertz CT molecular complexity index is 206. The third-order valence-electron chi connectivity index (χ3n) is 1.31. The van der Waals surface area contributed by atoms with Gasteiger partial charge in [-0.05, 0) is 12.8 Å². The second kappa shape index (κ2) is 3.27. The van der Waals surface area contributed by atoms with Gasteiger partial charge in [0.05, 0.1) is 5.92 Å². The topological polar surface area (TPSA) is 43.4 Å². The summed E-state index contributed by atoms with van der Waals surface area (Å²) in [6.07, 6.45) is 2.12. The lowest BCUT2D eigenvalue weighted by Gasteiger charge is -1.93. The summed E-state index contributed by atoms with van der Waals surface area (Å²) in [5, 5.41) is 0. The molecule has 0 amide bonds. The molecule has 1 saturated carbocycles. The van der Waals surface area contributed by atoms with E-state index in [2.05, 4.69) is 4.74 Å². The van der Waals surface area contributed by atoms with E-state index < -0.39 is 11.8 Å². The van der Waals surface area contributed by atoms with Gasteiger partial charge in [-0.1, -0.05) is 0 Å². The van der Waals surface area contributed by atoms with Gasteiger partial charge in [-0.25, -0.2) is 0 Å². The van der Waals surface area contributed by atoms with Gasteiger partial charge in [0.15, 0.2) is 12.1 Å². The maximum absolute atomic E-state index is 12.0. The van der Waals surface area contributed by atoms with E-state index in [1.807, 2.05) is 0 Å². The Morgan fingerprint density at radius 2 is 2.18 bits per heavy atom. The van der Waals surface area contributed by atoms with Crippen LogP contribution in [0.5, 0.6) is 0 Å². The Kier molecular flexibility index (Phi) is 2.36. The average Bonchev–Trinajstić information content (AvgIpc) is 2.81. The van der Waals surface area contributed by atoms with Crippen molar-refractivity contribution in [2.24, 2.45) is 5.92 Å². The molecule has 0 aromatic rings. The van der Waals surface area contributed by atoms with Crippen molar-refractivity contribution in [3.05, 3.63) is 12.1 Å². The number of carbonyl (C=O) groups excluding carboxylic acids is 2. The minimum atomic E-state index is -1.07. The smallest absolute Gasteiger partial charge is 0.313 e. The zero-order chi connectivity index (χ0) is 8.27. The highest BCUT2D eigenvalue weighted by atomic mass is 19.1. The molecule has 1 aliphatic carbocycles. The SMILES string of the molecule is O=CC(F)=COC(=O)C1CC1. The average molecular weight is 158 g/mol. The number of halogens is 1. The van der Waals surface area contributed by atoms with Crippen LogP contribution in [0, 0.1) is 5.92 Å². The summed E-state index contributed by atoms with van der Waals surface area (Å²) in [4.78, 5) is 20.3. The first-order chi connectivity index (χ1) is 5.24. The highest BCUT2D eigenvalue weighted by Crippen LogP contribution is 2.30. The molecule has 0 N–H and O–H groups in total. The zero-order valence-electron chi connectivity index (χ0n) is 5.75. The quantitative estimate of drug-likeness (QED) is 0.266. The Morgan fingerprint density at radius 1 is 1.55 bits per heavy atom. The van der Waals surface area contributed by atoms with Crippen LogP contribution < -0.4 is 0 Å². The van der Waals surface area contributed by atoms with Crippen molar-refractivity contribution in [2.75, 3.05) is 0 Å². The van der Waals surface area contributed by atoms with Crippen molar-refractivity contribution in [3.63, 3.8) is 0 Å². The predicted molar refractivity (Wildman–Crippen MR) is 34.1 cm³/mol. The summed E-state index contributed by atoms with van der Waals surface area (Å²) in [7, 11) is 0. The molecule has 11 heavy (non-hydrogen) atoms. The van der Waals surface area contributed by atoms with Crippen molar-refractivity contribution in [2.45, 2.75) is 12.8 Å². The summed E-state index contributed by atoms with van der Waals surface area (Å²) >= 11 is 0. The van der Waals surface area contributed by atoms with Gasteiger partial charge in [-0.15, -0.1) is 0 Å². The van der Waals surface area contributed by atoms with E-state index in [9.17, 15) is 14.0 Å². The monoisotopic (exact) mass is 158 g/mol. The third-order valence-corrected chi connectivity index (χ3v) is 1.31. The lowest BCUT2D eigenvalue weighted by Crippen LogP contribution is -2.01. The Labute approximate surface area is 62.8 Å². The maximum atomic E-state index is 12.0. The summed E-state index contributed by atoms with van der Waals surface area (Å²) in [5.74, 6) is -1.60. The maximum Gasteiger partial charge on any atom is 0.313 e. The molecule has 0 unspecified atom stereocenters. The van der Waals surface area contributed by atoms with Gasteiger partial charge in [-0.3, -0.25) is 9.59 Å². The van der Waals surface area contributed by atoms with Crippen LogP contribution in [0.2, 0.25) is 0 Å². The molecule has 1 aliphatic rings. The number of allylic oxidation sites excluding steroid dienone is 1. The van der Waals surface area contributed by atoms with Gasteiger partial charge in [0, 0.05) is 0 Å². The molecule has 1 fully saturated rings. The summed E-state index contributed by atoms with van der Waals surface area (Å²) in [6.45, 7) is 0. The molecule has 60 valence electrons. The second-order valence-electron chi connectivity index (χ2n) is 2.33. The van der Waals surface area contributed by atoms with Crippen LogP contribution in [0.3, 0.4) is 0 Å². The third kappa shape index (κ3) is 2.49. The van der Waals surface area contributed by atoms with Crippen LogP contribution in [0.1, 0.15) is 12.8 Å². The van der Waals surface area contributed by atoms with Crippen LogP contribution in [-0.2, 0) is 14.3 Å². The Balaban J connectivity index is 2.29. The van der Waals surface area contributed by atoms with Crippen LogP contribution >= 0.6 is 0 Å². The van der Waals surface area contributed by atoms with E-state index in [0.717, 1.165) is 12.8 Å². The molecule has 4 heteroatoms. The standard InChI is InChI=1S/C7H7FO3/c8-6(3-9)4-11-7(10)5-1-2-5/h3-5H,1-2H2. The van der Waals surface area contributed by atoms with Gasteiger partial charge in [-0.2, -0.15) is 4.39 Å². The predicted octanol–water partition coefficient (Wildman–Crippen LogP) is 0.949. The van der Waals surface area contributed by atoms with Crippen molar-refractivity contribution in [3.8, 4) is 0 Å². The molecule has 0 aromatic heterocycles. The van der Waals surface area contributed by atoms with Crippen LogP contribution in [-0.4, -0.2) is 12.3 Å². The fourth-order valence-electron chi connectivity index (χ4n) is 0.557. The number of hydrogen-bond donors (Lipinski definition) is 0. The number of hydrogen-bond acceptors (Lipinski definition) is 3. The molecule has 0 aliphatic heterocycles. The Hall–Kier alpha value is -1.19. The lowest BCUT2D eigenvalue weighted by atomic mass is 10.4. The van der Waals surface area contributed by atoms with E-state index in [0.29, 0.717) is 6.26 Å². The van der Waals surface area contributed by atoms with Crippen molar-refractivity contribution >= 4 is 12.3 Å². The molecular formula is C7H7FO3. The van der Waals surface area contributed by atoms with E-state index in [4.69, 9.17) is 0 Å². The highest BCUT2D eigenvalue weighted by molar-refractivity contribution is 5.76. The van der Waals surface area contributed by atoms with Crippen molar-refractivity contribution in [1.29, 1.82) is 0 Å². The minimum Gasteiger partial charge on any atom is -0.431 e. The zero-order valence-corrected chi connectivity index (χ0v) is 5.75. The van der Waals surface area contributed by atoms with Crippen LogP contribution in [0.15, 0.2) is 12.1 Å². The van der Waals surface area contributed by atoms with Gasteiger partial charge < -0.3 is 4.74 Å². The van der Waals surface area contributed by atoms with Gasteiger partial charge in [0.1, 0.15) is 6.26 Å². The summed E-state index contributed by atoms with van der Waals surface area (Å²) in [5.41, 5.74) is 0. The highest BCUT2D eigenvalue weighted by Gasteiger charge is 2.30. The summed E-state index contributed by atoms with van der Waals surface area (Å²) < 4.78 is 16.3. The normalized spacial score (nSPS) is 17.7. The molecule has 0 aromatic carbocycles. The van der Waals surface area contributed by atoms with Gasteiger partial charge >= 0.3 is 5.97 Å². The van der Waals surface area contributed by atoms with Gasteiger partial charge in [0.25, 0.3) is 0 Å². The minimum absolute atomic E-state index is 0.0137. The fourth-order valence-corrected chi connectivity index (χ4v) is 0.557. The molecule has 3 nitrogen and oxygen atoms in total. The number of aldehydes is 1. The lowest BCUT2D eigenvalue weighted by molar-refractivity contribution is -0.139. The first-order valence-electron chi connectivity index (χ1n) is 3.25. The van der Waals surface area contributed by atoms with Crippen LogP contribution in [0.4, 0.5) is 4.39 Å².